The summed E-state index contributed by atoms with van der Waals surface area (Å²) < 4.78 is 26.8. The van der Waals surface area contributed by atoms with Crippen LogP contribution in [0.3, 0.4) is 0 Å². The van der Waals surface area contributed by atoms with Crippen LogP contribution in [0.5, 0.6) is 0 Å². The van der Waals surface area contributed by atoms with Crippen LogP contribution in [-0.4, -0.2) is 29.8 Å². The first-order chi connectivity index (χ1) is 16.7. The average molecular weight is 478 g/mol. The van der Waals surface area contributed by atoms with E-state index in [1.54, 1.807) is 4.90 Å². The van der Waals surface area contributed by atoms with Gasteiger partial charge in [-0.15, -0.1) is 0 Å². The van der Waals surface area contributed by atoms with Crippen LogP contribution in [-0.2, 0) is 27.2 Å². The maximum atomic E-state index is 13.5. The Balaban J connectivity index is 1.47. The maximum absolute atomic E-state index is 13.5. The van der Waals surface area contributed by atoms with Crippen LogP contribution in [0.25, 0.3) is 0 Å². The van der Waals surface area contributed by atoms with Gasteiger partial charge in [0.1, 0.15) is 23.7 Å². The number of nitrogens with zero attached hydrogens (tertiary/aromatic N) is 1. The number of fused-ring (bicyclic) bond motifs is 1. The molecule has 3 aromatic carbocycles. The quantitative estimate of drug-likeness (QED) is 0.568. The van der Waals surface area contributed by atoms with E-state index in [1.165, 1.54) is 6.92 Å². The lowest BCUT2D eigenvalue weighted by Gasteiger charge is -2.35. The summed E-state index contributed by atoms with van der Waals surface area (Å²) in [5.41, 5.74) is 3.47. The van der Waals surface area contributed by atoms with E-state index in [1.807, 2.05) is 55.5 Å². The summed E-state index contributed by atoms with van der Waals surface area (Å²) in [6.07, 6.45) is 0.0233. The first kappa shape index (κ1) is 24.1. The number of amides is 3. The van der Waals surface area contributed by atoms with Crippen molar-refractivity contribution in [2.24, 2.45) is 0 Å². The summed E-state index contributed by atoms with van der Waals surface area (Å²) in [6, 6.07) is 16.1. The SMILES string of the molecule is Cc1ccccc1N1C(=O)C(NC(=O)[C@H](C)NC(=O)Cc2cc(F)cc(F)c2)Cc2ccccc21. The molecule has 1 aliphatic rings. The van der Waals surface area contributed by atoms with Gasteiger partial charge in [-0.1, -0.05) is 36.4 Å². The fourth-order valence-electron chi connectivity index (χ4n) is 4.21. The number of hydrogen-bond donors (Lipinski definition) is 2. The highest BCUT2D eigenvalue weighted by Crippen LogP contribution is 2.35. The van der Waals surface area contributed by atoms with Crippen LogP contribution in [0.1, 0.15) is 23.6 Å². The van der Waals surface area contributed by atoms with Gasteiger partial charge in [0.2, 0.25) is 11.8 Å². The van der Waals surface area contributed by atoms with E-state index in [2.05, 4.69) is 10.6 Å². The van der Waals surface area contributed by atoms with E-state index in [9.17, 15) is 23.2 Å². The van der Waals surface area contributed by atoms with Crippen LogP contribution in [0.15, 0.2) is 66.7 Å². The molecule has 1 heterocycles. The lowest BCUT2D eigenvalue weighted by molar-refractivity contribution is -0.130. The zero-order valence-electron chi connectivity index (χ0n) is 19.3. The predicted octanol–water partition coefficient (Wildman–Crippen LogP) is 3.73. The van der Waals surface area contributed by atoms with Gasteiger partial charge in [-0.2, -0.15) is 0 Å². The minimum Gasteiger partial charge on any atom is -0.344 e. The van der Waals surface area contributed by atoms with Crippen LogP contribution >= 0.6 is 0 Å². The summed E-state index contributed by atoms with van der Waals surface area (Å²) in [4.78, 5) is 40.3. The van der Waals surface area contributed by atoms with Crippen molar-refractivity contribution in [3.63, 3.8) is 0 Å². The van der Waals surface area contributed by atoms with E-state index in [0.29, 0.717) is 6.42 Å². The van der Waals surface area contributed by atoms with Gasteiger partial charge in [-0.25, -0.2) is 8.78 Å². The molecule has 180 valence electrons. The molecule has 6 nitrogen and oxygen atoms in total. The number of hydrogen-bond acceptors (Lipinski definition) is 3. The Bertz CT molecular complexity index is 1270. The van der Waals surface area contributed by atoms with E-state index in [4.69, 9.17) is 0 Å². The monoisotopic (exact) mass is 477 g/mol. The highest BCUT2D eigenvalue weighted by Gasteiger charge is 2.35. The lowest BCUT2D eigenvalue weighted by Crippen LogP contribution is -2.55. The number of para-hydroxylation sites is 2. The molecule has 0 aliphatic carbocycles. The molecule has 2 atom stereocenters. The van der Waals surface area contributed by atoms with Gasteiger partial charge < -0.3 is 10.6 Å². The van der Waals surface area contributed by atoms with Gasteiger partial charge in [0, 0.05) is 12.5 Å². The average Bonchev–Trinajstić information content (AvgIpc) is 2.79. The van der Waals surface area contributed by atoms with Gasteiger partial charge in [0.05, 0.1) is 17.8 Å². The Morgan fingerprint density at radius 1 is 1.00 bits per heavy atom. The molecule has 0 spiro atoms. The van der Waals surface area contributed by atoms with Gasteiger partial charge in [-0.05, 0) is 54.8 Å². The molecule has 1 aliphatic heterocycles. The molecular weight excluding hydrogens is 452 g/mol. The number of benzene rings is 3. The summed E-state index contributed by atoms with van der Waals surface area (Å²) >= 11 is 0. The topological polar surface area (TPSA) is 78.5 Å². The molecule has 0 saturated heterocycles. The van der Waals surface area contributed by atoms with Gasteiger partial charge in [0.15, 0.2) is 0 Å². The van der Waals surface area contributed by atoms with Crippen molar-refractivity contribution in [3.05, 3.63) is 95.1 Å². The number of carbonyl (C=O) groups excluding carboxylic acids is 3. The smallest absolute Gasteiger partial charge is 0.254 e. The van der Waals surface area contributed by atoms with Crippen molar-refractivity contribution in [3.8, 4) is 0 Å². The van der Waals surface area contributed by atoms with E-state index < -0.39 is 35.5 Å². The molecule has 3 amide bonds. The van der Waals surface area contributed by atoms with Crippen LogP contribution in [0.2, 0.25) is 0 Å². The Hall–Kier alpha value is -4.07. The Labute approximate surface area is 201 Å². The molecule has 4 rings (SSSR count). The minimum absolute atomic E-state index is 0.153. The number of carbonyl (C=O) groups is 3. The first-order valence-corrected chi connectivity index (χ1v) is 11.2. The van der Waals surface area contributed by atoms with E-state index in [-0.39, 0.29) is 17.9 Å². The first-order valence-electron chi connectivity index (χ1n) is 11.2. The Morgan fingerprint density at radius 2 is 1.63 bits per heavy atom. The third kappa shape index (κ3) is 5.37. The zero-order valence-corrected chi connectivity index (χ0v) is 19.3. The van der Waals surface area contributed by atoms with Crippen molar-refractivity contribution in [2.75, 3.05) is 4.90 Å². The molecule has 8 heteroatoms. The third-order valence-electron chi connectivity index (χ3n) is 5.91. The zero-order chi connectivity index (χ0) is 25.1. The summed E-state index contributed by atoms with van der Waals surface area (Å²) in [7, 11) is 0. The molecule has 0 fully saturated rings. The highest BCUT2D eigenvalue weighted by molar-refractivity contribution is 6.08. The van der Waals surface area contributed by atoms with Crippen LogP contribution < -0.4 is 15.5 Å². The van der Waals surface area contributed by atoms with Gasteiger partial charge >= 0.3 is 0 Å². The largest absolute Gasteiger partial charge is 0.344 e. The number of halogens is 2. The second-order valence-electron chi connectivity index (χ2n) is 8.60. The summed E-state index contributed by atoms with van der Waals surface area (Å²) in [5.74, 6) is -2.95. The van der Waals surface area contributed by atoms with Crippen molar-refractivity contribution >= 4 is 29.1 Å². The van der Waals surface area contributed by atoms with E-state index in [0.717, 1.165) is 40.7 Å². The maximum Gasteiger partial charge on any atom is 0.254 e. The van der Waals surface area contributed by atoms with Crippen LogP contribution in [0, 0.1) is 18.6 Å². The molecule has 35 heavy (non-hydrogen) atoms. The minimum atomic E-state index is -0.960. The number of rotatable bonds is 6. The fraction of sp³-hybridized carbons (Fsp3) is 0.222. The molecule has 1 unspecified atom stereocenters. The number of aryl methyl sites for hydroxylation is 1. The van der Waals surface area contributed by atoms with Gasteiger partial charge in [-0.3, -0.25) is 19.3 Å². The van der Waals surface area contributed by atoms with E-state index >= 15 is 0 Å². The molecular formula is C27H25F2N3O3. The summed E-state index contributed by atoms with van der Waals surface area (Å²) in [6.45, 7) is 3.40. The molecule has 3 aromatic rings. The third-order valence-corrected chi connectivity index (χ3v) is 5.91. The molecule has 0 aromatic heterocycles. The molecule has 0 bridgehead atoms. The van der Waals surface area contributed by atoms with Crippen molar-refractivity contribution in [1.29, 1.82) is 0 Å². The standard InChI is InChI=1S/C27H25F2N3O3/c1-16-7-3-5-9-23(16)32-24-10-6-4-8-19(24)14-22(27(32)35)31-26(34)17(2)30-25(33)13-18-11-20(28)15-21(29)12-18/h3-12,15,17,22H,13-14H2,1-2H3,(H,30,33)(H,31,34)/t17-,22?/m0/s1. The Morgan fingerprint density at radius 3 is 2.31 bits per heavy atom. The van der Waals surface area contributed by atoms with Crippen LogP contribution in [0.4, 0.5) is 20.2 Å². The fourth-order valence-corrected chi connectivity index (χ4v) is 4.21. The molecule has 2 N–H and O–H groups in total. The summed E-state index contributed by atoms with van der Waals surface area (Å²) in [5, 5.41) is 5.27. The second-order valence-corrected chi connectivity index (χ2v) is 8.60. The normalized spacial score (nSPS) is 15.8. The number of nitrogens with one attached hydrogen (secondary N) is 2. The van der Waals surface area contributed by atoms with Gasteiger partial charge in [0.25, 0.3) is 5.91 Å². The predicted molar refractivity (Wildman–Crippen MR) is 128 cm³/mol. The van der Waals surface area contributed by atoms with Crippen molar-refractivity contribution in [2.45, 2.75) is 38.8 Å². The second kappa shape index (κ2) is 10.0. The van der Waals surface area contributed by atoms with Crippen molar-refractivity contribution < 1.29 is 23.2 Å². The highest BCUT2D eigenvalue weighted by atomic mass is 19.1. The molecule has 0 saturated carbocycles. The lowest BCUT2D eigenvalue weighted by atomic mass is 9.95. The van der Waals surface area contributed by atoms with Crippen molar-refractivity contribution in [1.82, 2.24) is 10.6 Å². The Kier molecular flexibility index (Phi) is 6.91. The molecule has 0 radical (unpaired) electrons. The number of anilines is 2.